The van der Waals surface area contributed by atoms with E-state index in [-0.39, 0.29) is 0 Å². The van der Waals surface area contributed by atoms with Gasteiger partial charge in [-0.05, 0) is 68.6 Å². The van der Waals surface area contributed by atoms with Crippen molar-refractivity contribution < 1.29 is 19.8 Å². The van der Waals surface area contributed by atoms with Gasteiger partial charge < -0.3 is 20.4 Å². The second-order valence-corrected chi connectivity index (χ2v) is 9.18. The van der Waals surface area contributed by atoms with Crippen LogP contribution in [0.3, 0.4) is 0 Å². The molecule has 3 aromatic rings. The third kappa shape index (κ3) is 8.32. The van der Waals surface area contributed by atoms with E-state index in [9.17, 15) is 9.59 Å². The topological polar surface area (TPSA) is 106 Å². The van der Waals surface area contributed by atoms with Crippen LogP contribution in [0.5, 0.6) is 0 Å². The molecule has 0 bridgehead atoms. The predicted octanol–water partition coefficient (Wildman–Crippen LogP) is 4.50. The maximum absolute atomic E-state index is 9.55. The molecule has 0 atom stereocenters. The minimum atomic E-state index is -1.26. The van der Waals surface area contributed by atoms with Gasteiger partial charge in [0.25, 0.3) is 0 Å². The molecule has 1 aliphatic rings. The first-order valence-electron chi connectivity index (χ1n) is 12.5. The van der Waals surface area contributed by atoms with Crippen LogP contribution >= 0.6 is 0 Å². The third-order valence-electron chi connectivity index (χ3n) is 6.54. The molecule has 37 heavy (non-hydrogen) atoms. The van der Waals surface area contributed by atoms with Crippen molar-refractivity contribution in [2.45, 2.75) is 27.2 Å². The van der Waals surface area contributed by atoms with Gasteiger partial charge in [0.2, 0.25) is 0 Å². The van der Waals surface area contributed by atoms with Gasteiger partial charge >= 0.3 is 11.9 Å². The van der Waals surface area contributed by atoms with Gasteiger partial charge in [0, 0.05) is 55.9 Å². The molecule has 196 valence electrons. The van der Waals surface area contributed by atoms with E-state index in [1.54, 1.807) is 0 Å². The van der Waals surface area contributed by atoms with Crippen LogP contribution < -0.4 is 10.2 Å². The highest BCUT2D eigenvalue weighted by Crippen LogP contribution is 2.24. The van der Waals surface area contributed by atoms with Gasteiger partial charge in [-0.2, -0.15) is 0 Å². The number of hydrogen-bond acceptors (Lipinski definition) is 6. The second-order valence-electron chi connectivity index (χ2n) is 9.18. The molecule has 0 amide bonds. The Balaban J connectivity index is 0.000000414. The number of aromatic nitrogens is 1. The summed E-state index contributed by atoms with van der Waals surface area (Å²) in [5.41, 5.74) is 6.55. The van der Waals surface area contributed by atoms with Crippen molar-refractivity contribution in [3.8, 4) is 0 Å². The first kappa shape index (κ1) is 27.7. The largest absolute Gasteiger partial charge is 0.478 e. The molecule has 8 nitrogen and oxygen atoms in total. The lowest BCUT2D eigenvalue weighted by Crippen LogP contribution is -2.47. The number of carboxylic acids is 2. The lowest BCUT2D eigenvalue weighted by Gasteiger charge is -2.37. The summed E-state index contributed by atoms with van der Waals surface area (Å²) in [6.45, 7) is 13.2. The Morgan fingerprint density at radius 2 is 1.59 bits per heavy atom. The number of anilines is 2. The minimum absolute atomic E-state index is 0.558. The molecule has 0 radical (unpaired) electrons. The minimum Gasteiger partial charge on any atom is -0.478 e. The number of benzene rings is 2. The molecule has 1 aromatic heterocycles. The molecule has 0 saturated carbocycles. The fraction of sp³-hybridized carbons (Fsp3) is 0.345. The molecule has 1 aliphatic heterocycles. The smallest absolute Gasteiger partial charge is 0.328 e. The van der Waals surface area contributed by atoms with Crippen LogP contribution in [-0.4, -0.2) is 71.3 Å². The Kier molecular flexibility index (Phi) is 10.0. The monoisotopic (exact) mass is 504 g/mol. The molecule has 2 aromatic carbocycles. The molecular weight excluding hydrogens is 468 g/mol. The number of piperazine rings is 1. The SMILES string of the molecule is Cc1cccc(N2CCN(CCCNc3cc(C)c4ccccc4n3)CC2)c1C.O=C(O)/C=C/C(=O)O. The number of pyridine rings is 1. The summed E-state index contributed by atoms with van der Waals surface area (Å²) in [6.07, 6.45) is 2.25. The van der Waals surface area contributed by atoms with Crippen LogP contribution in [0, 0.1) is 20.8 Å². The summed E-state index contributed by atoms with van der Waals surface area (Å²) in [4.78, 5) is 29.0. The Morgan fingerprint density at radius 3 is 2.27 bits per heavy atom. The third-order valence-corrected chi connectivity index (χ3v) is 6.54. The van der Waals surface area contributed by atoms with Gasteiger partial charge in [0.05, 0.1) is 5.52 Å². The highest BCUT2D eigenvalue weighted by atomic mass is 16.4. The van der Waals surface area contributed by atoms with E-state index in [1.807, 2.05) is 0 Å². The predicted molar refractivity (Wildman–Crippen MR) is 149 cm³/mol. The van der Waals surface area contributed by atoms with Crippen molar-refractivity contribution >= 4 is 34.3 Å². The van der Waals surface area contributed by atoms with Crippen LogP contribution in [0.25, 0.3) is 10.9 Å². The van der Waals surface area contributed by atoms with Gasteiger partial charge in [-0.15, -0.1) is 0 Å². The molecule has 4 rings (SSSR count). The van der Waals surface area contributed by atoms with Gasteiger partial charge in [0.1, 0.15) is 5.82 Å². The van der Waals surface area contributed by atoms with E-state index in [1.165, 1.54) is 27.8 Å². The molecular formula is C29H36N4O4. The van der Waals surface area contributed by atoms with Crippen molar-refractivity contribution in [3.05, 3.63) is 77.4 Å². The number of carbonyl (C=O) groups is 2. The van der Waals surface area contributed by atoms with Crippen LogP contribution in [0.15, 0.2) is 60.7 Å². The van der Waals surface area contributed by atoms with Crippen LogP contribution in [0.1, 0.15) is 23.1 Å². The van der Waals surface area contributed by atoms with Gasteiger partial charge in [0.15, 0.2) is 0 Å². The Hall–Kier alpha value is -3.91. The van der Waals surface area contributed by atoms with E-state index in [0.29, 0.717) is 12.2 Å². The summed E-state index contributed by atoms with van der Waals surface area (Å²) in [5, 5.41) is 20.4. The Morgan fingerprint density at radius 1 is 0.919 bits per heavy atom. The average molecular weight is 505 g/mol. The van der Waals surface area contributed by atoms with E-state index in [4.69, 9.17) is 15.2 Å². The van der Waals surface area contributed by atoms with E-state index < -0.39 is 11.9 Å². The zero-order valence-electron chi connectivity index (χ0n) is 21.8. The zero-order valence-corrected chi connectivity index (χ0v) is 21.8. The number of carboxylic acid groups (broad SMARTS) is 2. The summed E-state index contributed by atoms with van der Waals surface area (Å²) >= 11 is 0. The fourth-order valence-electron chi connectivity index (χ4n) is 4.39. The van der Waals surface area contributed by atoms with Crippen molar-refractivity contribution in [2.24, 2.45) is 0 Å². The Bertz CT molecular complexity index is 1230. The van der Waals surface area contributed by atoms with Gasteiger partial charge in [-0.1, -0.05) is 30.3 Å². The number of para-hydroxylation sites is 1. The second kappa shape index (κ2) is 13.4. The number of nitrogens with one attached hydrogen (secondary N) is 1. The molecule has 1 saturated heterocycles. The summed E-state index contributed by atoms with van der Waals surface area (Å²) in [7, 11) is 0. The van der Waals surface area contributed by atoms with Crippen LogP contribution in [0.4, 0.5) is 11.5 Å². The van der Waals surface area contributed by atoms with Crippen molar-refractivity contribution in [1.29, 1.82) is 0 Å². The number of aryl methyl sites for hydroxylation is 2. The highest BCUT2D eigenvalue weighted by Gasteiger charge is 2.18. The normalized spacial score (nSPS) is 13.9. The lowest BCUT2D eigenvalue weighted by molar-refractivity contribution is -0.134. The first-order valence-corrected chi connectivity index (χ1v) is 12.5. The van der Waals surface area contributed by atoms with Crippen molar-refractivity contribution in [2.75, 3.05) is 49.5 Å². The maximum Gasteiger partial charge on any atom is 0.328 e. The van der Waals surface area contributed by atoms with Crippen LogP contribution in [-0.2, 0) is 9.59 Å². The number of hydrogen-bond donors (Lipinski definition) is 3. The first-order chi connectivity index (χ1) is 17.7. The van der Waals surface area contributed by atoms with Gasteiger partial charge in [-0.25, -0.2) is 14.6 Å². The molecule has 0 aliphatic carbocycles. The molecule has 1 fully saturated rings. The van der Waals surface area contributed by atoms with Crippen LogP contribution in [0.2, 0.25) is 0 Å². The summed E-state index contributed by atoms with van der Waals surface area (Å²) < 4.78 is 0. The van der Waals surface area contributed by atoms with Crippen molar-refractivity contribution in [3.63, 3.8) is 0 Å². The number of rotatable bonds is 8. The number of aliphatic carboxylic acids is 2. The summed E-state index contributed by atoms with van der Waals surface area (Å²) in [6, 6.07) is 17.2. The van der Waals surface area contributed by atoms with Crippen molar-refractivity contribution in [1.82, 2.24) is 9.88 Å². The quantitative estimate of drug-likeness (QED) is 0.304. The zero-order chi connectivity index (χ0) is 26.8. The number of fused-ring (bicyclic) bond motifs is 1. The van der Waals surface area contributed by atoms with E-state index in [0.717, 1.165) is 57.0 Å². The highest BCUT2D eigenvalue weighted by molar-refractivity contribution is 5.89. The standard InChI is InChI=1S/C25H32N4.C4H4O4/c1-19-8-6-11-24(21(19)3)29-16-14-28(15-17-29)13-7-12-26-25-18-20(2)22-9-4-5-10-23(22)27-25;5-3(6)1-2-4(7)8/h4-6,8-11,18H,7,12-17H2,1-3H3,(H,26,27);1-2H,(H,5,6)(H,7,8)/b;2-1+. The molecule has 0 spiro atoms. The lowest BCUT2D eigenvalue weighted by atomic mass is 10.1. The number of nitrogens with zero attached hydrogens (tertiary/aromatic N) is 3. The molecule has 2 heterocycles. The van der Waals surface area contributed by atoms with Gasteiger partial charge in [-0.3, -0.25) is 4.90 Å². The molecule has 8 heteroatoms. The fourth-order valence-corrected chi connectivity index (χ4v) is 4.39. The maximum atomic E-state index is 9.55. The van der Waals surface area contributed by atoms with E-state index in [2.05, 4.69) is 84.4 Å². The van der Waals surface area contributed by atoms with E-state index >= 15 is 0 Å². The molecule has 0 unspecified atom stereocenters. The Labute approximate surface area is 218 Å². The molecule has 3 N–H and O–H groups in total. The summed E-state index contributed by atoms with van der Waals surface area (Å²) in [5.74, 6) is -1.53. The average Bonchev–Trinajstić information content (AvgIpc) is 2.88.